The van der Waals surface area contributed by atoms with Crippen molar-refractivity contribution in [3.05, 3.63) is 23.8 Å². The first kappa shape index (κ1) is 8.58. The van der Waals surface area contributed by atoms with Crippen LogP contribution >= 0.6 is 0 Å². The van der Waals surface area contributed by atoms with Crippen molar-refractivity contribution in [1.29, 1.82) is 0 Å². The van der Waals surface area contributed by atoms with Gasteiger partial charge >= 0.3 is 0 Å². The van der Waals surface area contributed by atoms with Crippen molar-refractivity contribution < 1.29 is 0 Å². The average Bonchev–Trinajstić information content (AvgIpc) is 1.94. The lowest BCUT2D eigenvalue weighted by molar-refractivity contribution is 0.450. The molecule has 0 fully saturated rings. The molecule has 0 nitrogen and oxygen atoms in total. The van der Waals surface area contributed by atoms with E-state index in [1.54, 1.807) is 5.57 Å². The predicted molar refractivity (Wildman–Crippen MR) is 50.5 cm³/mol. The molecule has 1 aliphatic rings. The second kappa shape index (κ2) is 3.25. The highest BCUT2D eigenvalue weighted by molar-refractivity contribution is 5.12. The summed E-state index contributed by atoms with van der Waals surface area (Å²) in [4.78, 5) is 0. The molecule has 0 amide bonds. The zero-order valence-corrected chi connectivity index (χ0v) is 7.85. The van der Waals surface area contributed by atoms with Gasteiger partial charge in [0.2, 0.25) is 0 Å². The van der Waals surface area contributed by atoms with Gasteiger partial charge in [-0.3, -0.25) is 0 Å². The van der Waals surface area contributed by atoms with Gasteiger partial charge in [-0.1, -0.05) is 30.7 Å². The van der Waals surface area contributed by atoms with Crippen molar-refractivity contribution in [2.45, 2.75) is 33.6 Å². The molecule has 1 unspecified atom stereocenters. The highest BCUT2D eigenvalue weighted by Crippen LogP contribution is 2.31. The molecule has 0 N–H and O–H groups in total. The molecule has 0 bridgehead atoms. The summed E-state index contributed by atoms with van der Waals surface area (Å²) in [5.41, 5.74) is 2.91. The molecule has 0 aromatic carbocycles. The zero-order chi connectivity index (χ0) is 8.43. The summed E-state index contributed by atoms with van der Waals surface area (Å²) in [5.74, 6) is 1.51. The van der Waals surface area contributed by atoms with E-state index in [9.17, 15) is 0 Å². The van der Waals surface area contributed by atoms with E-state index in [-0.39, 0.29) is 0 Å². The van der Waals surface area contributed by atoms with Crippen LogP contribution in [0.25, 0.3) is 0 Å². The van der Waals surface area contributed by atoms with E-state index in [0.29, 0.717) is 0 Å². The fourth-order valence-electron chi connectivity index (χ4n) is 1.64. The number of allylic oxidation sites excluding steroid dienone is 3. The molecular formula is C11H18. The Bertz CT molecular complexity index is 186. The molecule has 0 aromatic rings. The lowest BCUT2D eigenvalue weighted by Crippen LogP contribution is -2.12. The summed E-state index contributed by atoms with van der Waals surface area (Å²) >= 11 is 0. The standard InChI is InChI=1S/C11H18/c1-8(2)11-6-5-9(3)10(4)7-11/h5,10-11H,1,6-7H2,2-4H3/t10?,11-/m1/s1. The Morgan fingerprint density at radius 1 is 1.64 bits per heavy atom. The van der Waals surface area contributed by atoms with Crippen molar-refractivity contribution in [2.75, 3.05) is 0 Å². The molecule has 0 saturated heterocycles. The average molecular weight is 150 g/mol. The Kier molecular flexibility index (Phi) is 2.53. The molecule has 0 aliphatic heterocycles. The number of rotatable bonds is 1. The smallest absolute Gasteiger partial charge is 0.0168 e. The molecule has 1 rings (SSSR count). The van der Waals surface area contributed by atoms with E-state index in [0.717, 1.165) is 11.8 Å². The summed E-state index contributed by atoms with van der Waals surface area (Å²) in [6.07, 6.45) is 4.89. The lowest BCUT2D eigenvalue weighted by Gasteiger charge is -2.26. The monoisotopic (exact) mass is 150 g/mol. The van der Waals surface area contributed by atoms with Crippen molar-refractivity contribution in [1.82, 2.24) is 0 Å². The van der Waals surface area contributed by atoms with Crippen LogP contribution in [0.2, 0.25) is 0 Å². The Labute approximate surface area is 70.0 Å². The van der Waals surface area contributed by atoms with Crippen LogP contribution in [0, 0.1) is 11.8 Å². The van der Waals surface area contributed by atoms with E-state index >= 15 is 0 Å². The lowest BCUT2D eigenvalue weighted by atomic mass is 9.80. The van der Waals surface area contributed by atoms with E-state index in [4.69, 9.17) is 0 Å². The fourth-order valence-corrected chi connectivity index (χ4v) is 1.64. The van der Waals surface area contributed by atoms with Gasteiger partial charge in [-0.2, -0.15) is 0 Å². The minimum Gasteiger partial charge on any atom is -0.0998 e. The van der Waals surface area contributed by atoms with Gasteiger partial charge in [0, 0.05) is 0 Å². The molecule has 0 heteroatoms. The Balaban J connectivity index is 2.62. The van der Waals surface area contributed by atoms with E-state index in [1.807, 2.05) is 0 Å². The van der Waals surface area contributed by atoms with Gasteiger partial charge < -0.3 is 0 Å². The van der Waals surface area contributed by atoms with Crippen LogP contribution in [0.1, 0.15) is 33.6 Å². The highest BCUT2D eigenvalue weighted by atomic mass is 14.2. The van der Waals surface area contributed by atoms with Crippen molar-refractivity contribution >= 4 is 0 Å². The number of hydrogen-bond donors (Lipinski definition) is 0. The fraction of sp³-hybridized carbons (Fsp3) is 0.636. The second-order valence-electron chi connectivity index (χ2n) is 3.86. The first-order chi connectivity index (χ1) is 5.11. The van der Waals surface area contributed by atoms with Crippen LogP contribution in [-0.4, -0.2) is 0 Å². The molecule has 0 radical (unpaired) electrons. The molecule has 0 spiro atoms. The minimum atomic E-state index is 0.744. The largest absolute Gasteiger partial charge is 0.0998 e. The van der Waals surface area contributed by atoms with E-state index in [2.05, 4.69) is 33.4 Å². The maximum atomic E-state index is 4.01. The molecule has 62 valence electrons. The first-order valence-electron chi connectivity index (χ1n) is 4.43. The Hall–Kier alpha value is -0.520. The summed E-state index contributed by atoms with van der Waals surface area (Å²) in [6.45, 7) is 10.7. The molecule has 0 aromatic heterocycles. The third-order valence-electron chi connectivity index (χ3n) is 2.84. The first-order valence-corrected chi connectivity index (χ1v) is 4.43. The second-order valence-corrected chi connectivity index (χ2v) is 3.86. The summed E-state index contributed by atoms with van der Waals surface area (Å²) in [7, 11) is 0. The van der Waals surface area contributed by atoms with E-state index < -0.39 is 0 Å². The predicted octanol–water partition coefficient (Wildman–Crippen LogP) is 3.55. The van der Waals surface area contributed by atoms with Gasteiger partial charge in [0.15, 0.2) is 0 Å². The quantitative estimate of drug-likeness (QED) is 0.501. The van der Waals surface area contributed by atoms with Crippen LogP contribution in [0.15, 0.2) is 23.8 Å². The molecule has 0 heterocycles. The van der Waals surface area contributed by atoms with Crippen molar-refractivity contribution in [3.63, 3.8) is 0 Å². The van der Waals surface area contributed by atoms with Gasteiger partial charge in [-0.05, 0) is 38.5 Å². The normalized spacial score (nSPS) is 31.4. The third kappa shape index (κ3) is 1.95. The molecule has 2 atom stereocenters. The SMILES string of the molecule is C=C(C)[C@@H]1CC=C(C)C(C)C1. The highest BCUT2D eigenvalue weighted by Gasteiger charge is 2.18. The van der Waals surface area contributed by atoms with Gasteiger partial charge in [-0.25, -0.2) is 0 Å². The van der Waals surface area contributed by atoms with Gasteiger partial charge in [0.25, 0.3) is 0 Å². The van der Waals surface area contributed by atoms with Gasteiger partial charge in [0.1, 0.15) is 0 Å². The summed E-state index contributed by atoms with van der Waals surface area (Å²) in [6, 6.07) is 0. The Morgan fingerprint density at radius 2 is 2.27 bits per heavy atom. The molecule has 1 aliphatic carbocycles. The maximum absolute atomic E-state index is 4.01. The minimum absolute atomic E-state index is 0.744. The van der Waals surface area contributed by atoms with Crippen LogP contribution in [0.3, 0.4) is 0 Å². The van der Waals surface area contributed by atoms with Crippen LogP contribution in [0.4, 0.5) is 0 Å². The topological polar surface area (TPSA) is 0 Å². The van der Waals surface area contributed by atoms with Gasteiger partial charge in [0.05, 0.1) is 0 Å². The maximum Gasteiger partial charge on any atom is -0.0168 e. The number of hydrogen-bond acceptors (Lipinski definition) is 0. The van der Waals surface area contributed by atoms with Crippen molar-refractivity contribution in [3.8, 4) is 0 Å². The summed E-state index contributed by atoms with van der Waals surface area (Å²) < 4.78 is 0. The van der Waals surface area contributed by atoms with Crippen LogP contribution in [0.5, 0.6) is 0 Å². The zero-order valence-electron chi connectivity index (χ0n) is 7.85. The third-order valence-corrected chi connectivity index (χ3v) is 2.84. The molecule has 0 saturated carbocycles. The Morgan fingerprint density at radius 3 is 2.73 bits per heavy atom. The molecular weight excluding hydrogens is 132 g/mol. The molecule has 11 heavy (non-hydrogen) atoms. The summed E-state index contributed by atoms with van der Waals surface area (Å²) in [5, 5.41) is 0. The van der Waals surface area contributed by atoms with Gasteiger partial charge in [-0.15, -0.1) is 0 Å². The van der Waals surface area contributed by atoms with Crippen molar-refractivity contribution in [2.24, 2.45) is 11.8 Å². The van der Waals surface area contributed by atoms with Crippen LogP contribution in [-0.2, 0) is 0 Å². The van der Waals surface area contributed by atoms with Crippen LogP contribution < -0.4 is 0 Å². The van der Waals surface area contributed by atoms with E-state index in [1.165, 1.54) is 18.4 Å².